The number of hydrogen-bond acceptors (Lipinski definition) is 4. The van der Waals surface area contributed by atoms with Crippen molar-refractivity contribution in [1.29, 1.82) is 0 Å². The summed E-state index contributed by atoms with van der Waals surface area (Å²) in [5.41, 5.74) is 1.24. The number of likely N-dealkylation sites (N-methyl/N-ethyl adjacent to an activating group) is 1. The smallest absolute Gasteiger partial charge is 0.0683 e. The fourth-order valence-corrected chi connectivity index (χ4v) is 2.01. The van der Waals surface area contributed by atoms with Crippen LogP contribution in [0, 0.1) is 0 Å². The Morgan fingerprint density at radius 3 is 3.06 bits per heavy atom. The molecule has 2 rings (SSSR count). The van der Waals surface area contributed by atoms with E-state index in [2.05, 4.69) is 34.3 Å². The minimum atomic E-state index is 0.427. The van der Waals surface area contributed by atoms with E-state index in [4.69, 9.17) is 4.74 Å². The average molecular weight is 221 g/mol. The van der Waals surface area contributed by atoms with Gasteiger partial charge in [-0.3, -0.25) is 4.98 Å². The monoisotopic (exact) mass is 221 g/mol. The van der Waals surface area contributed by atoms with Crippen molar-refractivity contribution in [2.24, 2.45) is 0 Å². The summed E-state index contributed by atoms with van der Waals surface area (Å²) in [6, 6.07) is 4.55. The van der Waals surface area contributed by atoms with Gasteiger partial charge in [-0.15, -0.1) is 0 Å². The summed E-state index contributed by atoms with van der Waals surface area (Å²) in [6.07, 6.45) is 3.68. The highest BCUT2D eigenvalue weighted by atomic mass is 16.5. The maximum Gasteiger partial charge on any atom is 0.0683 e. The van der Waals surface area contributed by atoms with Gasteiger partial charge in [0, 0.05) is 31.2 Å². The number of rotatable bonds is 4. The van der Waals surface area contributed by atoms with Crippen molar-refractivity contribution in [3.63, 3.8) is 0 Å². The Labute approximate surface area is 96.6 Å². The zero-order chi connectivity index (χ0) is 11.2. The first-order chi connectivity index (χ1) is 7.92. The van der Waals surface area contributed by atoms with E-state index in [1.54, 1.807) is 0 Å². The lowest BCUT2D eigenvalue weighted by atomic mass is 10.2. The SMILES string of the molecule is CCNCC1COCCN1c1ccncc1. The van der Waals surface area contributed by atoms with Gasteiger partial charge in [0.05, 0.1) is 19.3 Å². The molecular formula is C12H19N3O. The van der Waals surface area contributed by atoms with Crippen molar-refractivity contribution in [2.45, 2.75) is 13.0 Å². The highest BCUT2D eigenvalue weighted by Gasteiger charge is 2.22. The van der Waals surface area contributed by atoms with E-state index < -0.39 is 0 Å². The van der Waals surface area contributed by atoms with Crippen molar-refractivity contribution >= 4 is 5.69 Å². The standard InChI is InChI=1S/C12H19N3O/c1-2-13-9-12-10-16-8-7-15(12)11-3-5-14-6-4-11/h3-6,12-13H,2,7-10H2,1H3. The second kappa shape index (κ2) is 5.82. The Kier molecular flexibility index (Phi) is 4.13. The van der Waals surface area contributed by atoms with Crippen molar-refractivity contribution < 1.29 is 4.74 Å². The van der Waals surface area contributed by atoms with Crippen LogP contribution in [0.15, 0.2) is 24.5 Å². The van der Waals surface area contributed by atoms with Crippen LogP contribution in [0.25, 0.3) is 0 Å². The zero-order valence-corrected chi connectivity index (χ0v) is 9.72. The lowest BCUT2D eigenvalue weighted by Gasteiger charge is -2.37. The van der Waals surface area contributed by atoms with Gasteiger partial charge in [-0.2, -0.15) is 0 Å². The molecule has 0 radical (unpaired) electrons. The predicted molar refractivity (Wildman–Crippen MR) is 64.7 cm³/mol. The van der Waals surface area contributed by atoms with Crippen LogP contribution in [0.1, 0.15) is 6.92 Å². The average Bonchev–Trinajstić information content (AvgIpc) is 2.38. The van der Waals surface area contributed by atoms with Crippen LogP contribution in [0.5, 0.6) is 0 Å². The van der Waals surface area contributed by atoms with Gasteiger partial charge in [-0.05, 0) is 18.7 Å². The van der Waals surface area contributed by atoms with E-state index in [1.165, 1.54) is 5.69 Å². The molecular weight excluding hydrogens is 202 g/mol. The second-order valence-corrected chi connectivity index (χ2v) is 3.94. The van der Waals surface area contributed by atoms with Crippen LogP contribution in [0.4, 0.5) is 5.69 Å². The Bertz CT molecular complexity index is 304. The molecule has 0 saturated carbocycles. The Balaban J connectivity index is 2.04. The molecule has 16 heavy (non-hydrogen) atoms. The summed E-state index contributed by atoms with van der Waals surface area (Å²) in [5, 5.41) is 3.38. The van der Waals surface area contributed by atoms with Gasteiger partial charge in [0.2, 0.25) is 0 Å². The minimum Gasteiger partial charge on any atom is -0.377 e. The molecule has 1 aliphatic heterocycles. The van der Waals surface area contributed by atoms with E-state index in [-0.39, 0.29) is 0 Å². The van der Waals surface area contributed by atoms with Crippen LogP contribution >= 0.6 is 0 Å². The third kappa shape index (κ3) is 2.71. The molecule has 4 heteroatoms. The summed E-state index contributed by atoms with van der Waals surface area (Å²) in [7, 11) is 0. The third-order valence-corrected chi connectivity index (χ3v) is 2.85. The summed E-state index contributed by atoms with van der Waals surface area (Å²) in [4.78, 5) is 6.45. The highest BCUT2D eigenvalue weighted by molar-refractivity contribution is 5.46. The third-order valence-electron chi connectivity index (χ3n) is 2.85. The molecule has 0 bridgehead atoms. The molecule has 1 saturated heterocycles. The number of aromatic nitrogens is 1. The molecule has 1 aliphatic rings. The quantitative estimate of drug-likeness (QED) is 0.819. The Hall–Kier alpha value is -1.13. The predicted octanol–water partition coefficient (Wildman–Crippen LogP) is 0.896. The van der Waals surface area contributed by atoms with E-state index in [0.29, 0.717) is 6.04 Å². The van der Waals surface area contributed by atoms with Crippen molar-refractivity contribution in [3.05, 3.63) is 24.5 Å². The molecule has 1 N–H and O–H groups in total. The number of pyridine rings is 1. The van der Waals surface area contributed by atoms with Crippen LogP contribution in [-0.4, -0.2) is 43.9 Å². The van der Waals surface area contributed by atoms with Gasteiger partial charge in [0.25, 0.3) is 0 Å². The van der Waals surface area contributed by atoms with Gasteiger partial charge < -0.3 is 15.0 Å². The molecule has 0 aromatic carbocycles. The number of nitrogens with one attached hydrogen (secondary N) is 1. The highest BCUT2D eigenvalue weighted by Crippen LogP contribution is 2.17. The molecule has 0 amide bonds. The molecule has 0 aliphatic carbocycles. The first-order valence-electron chi connectivity index (χ1n) is 5.87. The van der Waals surface area contributed by atoms with E-state index in [0.717, 1.165) is 32.8 Å². The largest absolute Gasteiger partial charge is 0.377 e. The molecule has 1 unspecified atom stereocenters. The first kappa shape index (κ1) is 11.4. The zero-order valence-electron chi connectivity index (χ0n) is 9.72. The van der Waals surface area contributed by atoms with Crippen molar-refractivity contribution in [3.8, 4) is 0 Å². The maximum absolute atomic E-state index is 5.53. The van der Waals surface area contributed by atoms with Crippen molar-refractivity contribution in [2.75, 3.05) is 37.7 Å². The lowest BCUT2D eigenvalue weighted by Crippen LogP contribution is -2.50. The summed E-state index contributed by atoms with van der Waals surface area (Å²) >= 11 is 0. The normalized spacial score (nSPS) is 21.1. The van der Waals surface area contributed by atoms with Gasteiger partial charge in [0.15, 0.2) is 0 Å². The molecule has 88 valence electrons. The van der Waals surface area contributed by atoms with Crippen LogP contribution < -0.4 is 10.2 Å². The fourth-order valence-electron chi connectivity index (χ4n) is 2.01. The van der Waals surface area contributed by atoms with Crippen LogP contribution in [0.2, 0.25) is 0 Å². The number of ether oxygens (including phenoxy) is 1. The maximum atomic E-state index is 5.53. The van der Waals surface area contributed by atoms with E-state index in [1.807, 2.05) is 12.4 Å². The minimum absolute atomic E-state index is 0.427. The van der Waals surface area contributed by atoms with Gasteiger partial charge in [-0.1, -0.05) is 6.92 Å². The molecule has 4 nitrogen and oxygen atoms in total. The van der Waals surface area contributed by atoms with Crippen LogP contribution in [-0.2, 0) is 4.74 Å². The van der Waals surface area contributed by atoms with Gasteiger partial charge >= 0.3 is 0 Å². The number of nitrogens with zero attached hydrogens (tertiary/aromatic N) is 2. The molecule has 1 atom stereocenters. The first-order valence-corrected chi connectivity index (χ1v) is 5.87. The summed E-state index contributed by atoms with van der Waals surface area (Å²) < 4.78 is 5.53. The van der Waals surface area contributed by atoms with E-state index in [9.17, 15) is 0 Å². The van der Waals surface area contributed by atoms with Crippen LogP contribution in [0.3, 0.4) is 0 Å². The number of morpholine rings is 1. The second-order valence-electron chi connectivity index (χ2n) is 3.94. The van der Waals surface area contributed by atoms with Crippen molar-refractivity contribution in [1.82, 2.24) is 10.3 Å². The number of hydrogen-bond donors (Lipinski definition) is 1. The Morgan fingerprint density at radius 1 is 1.50 bits per heavy atom. The van der Waals surface area contributed by atoms with Gasteiger partial charge in [-0.25, -0.2) is 0 Å². The molecule has 1 aromatic heterocycles. The summed E-state index contributed by atoms with van der Waals surface area (Å²) in [5.74, 6) is 0. The fraction of sp³-hybridized carbons (Fsp3) is 0.583. The number of anilines is 1. The molecule has 1 aromatic rings. The Morgan fingerprint density at radius 2 is 2.31 bits per heavy atom. The summed E-state index contributed by atoms with van der Waals surface area (Å²) in [6.45, 7) is 6.67. The molecule has 2 heterocycles. The molecule has 1 fully saturated rings. The van der Waals surface area contributed by atoms with E-state index >= 15 is 0 Å². The lowest BCUT2D eigenvalue weighted by molar-refractivity contribution is 0.0939. The molecule has 0 spiro atoms. The topological polar surface area (TPSA) is 37.4 Å². The van der Waals surface area contributed by atoms with Gasteiger partial charge in [0.1, 0.15) is 0 Å².